The van der Waals surface area contributed by atoms with Crippen molar-refractivity contribution in [3.05, 3.63) is 89.5 Å². The minimum Gasteiger partial charge on any atom is -0.489 e. The molecule has 3 rings (SSSR count). The zero-order chi connectivity index (χ0) is 21.0. The maximum atomic E-state index is 10.5. The second-order valence-corrected chi connectivity index (χ2v) is 7.91. The Morgan fingerprint density at radius 2 is 1.73 bits per heavy atom. The highest BCUT2D eigenvalue weighted by Gasteiger charge is 2.23. The van der Waals surface area contributed by atoms with Gasteiger partial charge in [0.1, 0.15) is 18.6 Å². The maximum Gasteiger partial charge on any atom is 0.120 e. The summed E-state index contributed by atoms with van der Waals surface area (Å²) in [6.07, 6.45) is 14.6. The number of rotatable bonds is 11. The third-order valence-electron chi connectivity index (χ3n) is 5.64. The number of allylic oxidation sites excluding steroid dienone is 3. The Hall–Kier alpha value is -2.65. The normalized spacial score (nSPS) is 17.2. The molecule has 0 aliphatic carbocycles. The molecule has 1 unspecified atom stereocenters. The molecule has 1 aliphatic rings. The molecule has 0 radical (unpaired) electrons. The lowest BCUT2D eigenvalue weighted by Gasteiger charge is -2.23. The molecule has 3 heteroatoms. The number of likely N-dealkylation sites (tertiary alicyclic amines) is 1. The van der Waals surface area contributed by atoms with Crippen LogP contribution in [0.25, 0.3) is 0 Å². The van der Waals surface area contributed by atoms with Crippen molar-refractivity contribution in [3.8, 4) is 5.75 Å². The molecule has 30 heavy (non-hydrogen) atoms. The van der Waals surface area contributed by atoms with E-state index in [0.717, 1.165) is 37.0 Å². The largest absolute Gasteiger partial charge is 0.489 e. The zero-order valence-electron chi connectivity index (χ0n) is 18.0. The molecule has 158 valence electrons. The van der Waals surface area contributed by atoms with E-state index in [1.807, 2.05) is 24.3 Å². The van der Waals surface area contributed by atoms with Crippen molar-refractivity contribution in [2.75, 3.05) is 6.54 Å². The molecule has 1 atom stereocenters. The highest BCUT2D eigenvalue weighted by Crippen LogP contribution is 2.23. The van der Waals surface area contributed by atoms with E-state index in [9.17, 15) is 4.79 Å². The Morgan fingerprint density at radius 1 is 1.00 bits per heavy atom. The molecule has 2 aromatic rings. The number of hydrogen-bond acceptors (Lipinski definition) is 3. The standard InChI is InChI=1S/C27H33NO2/c1-2-3-4-5-9-26-10-6-19-28(26)21-24-11-13-25(14-12-24)22-30-27-17-15-23(16-18-27)8-7-20-29/h2-5,11-18,20,26H,6-10,19,21-22H2,1H3/b3-2-,5-4-. The average Bonchev–Trinajstić information content (AvgIpc) is 3.22. The second kappa shape index (κ2) is 12.1. The Kier molecular flexibility index (Phi) is 8.92. The Labute approximate surface area is 181 Å². The summed E-state index contributed by atoms with van der Waals surface area (Å²) in [4.78, 5) is 13.1. The van der Waals surface area contributed by atoms with Crippen molar-refractivity contribution in [2.45, 2.75) is 58.2 Å². The molecule has 1 aliphatic heterocycles. The van der Waals surface area contributed by atoms with Crippen LogP contribution in [0, 0.1) is 0 Å². The monoisotopic (exact) mass is 403 g/mol. The van der Waals surface area contributed by atoms with E-state index in [4.69, 9.17) is 4.74 Å². The molecule has 1 fully saturated rings. The minimum atomic E-state index is 0.566. The molecular formula is C27H33NO2. The van der Waals surface area contributed by atoms with Crippen molar-refractivity contribution >= 4 is 6.29 Å². The summed E-state index contributed by atoms with van der Waals surface area (Å²) in [5.41, 5.74) is 3.70. The fourth-order valence-electron chi connectivity index (χ4n) is 3.92. The number of hydrogen-bond donors (Lipinski definition) is 0. The molecule has 3 nitrogen and oxygen atoms in total. The second-order valence-electron chi connectivity index (χ2n) is 7.91. The summed E-state index contributed by atoms with van der Waals surface area (Å²) in [7, 11) is 0. The van der Waals surface area contributed by atoms with Gasteiger partial charge in [0.05, 0.1) is 0 Å². The van der Waals surface area contributed by atoms with Crippen LogP contribution in [0.15, 0.2) is 72.8 Å². The van der Waals surface area contributed by atoms with Crippen LogP contribution in [0.2, 0.25) is 0 Å². The lowest BCUT2D eigenvalue weighted by molar-refractivity contribution is -0.107. The number of nitrogens with zero attached hydrogens (tertiary/aromatic N) is 1. The first-order valence-electron chi connectivity index (χ1n) is 11.0. The first kappa shape index (κ1) is 22.0. The average molecular weight is 404 g/mol. The molecule has 1 heterocycles. The maximum absolute atomic E-state index is 10.5. The Bertz CT molecular complexity index is 821. The fourth-order valence-corrected chi connectivity index (χ4v) is 3.92. The lowest BCUT2D eigenvalue weighted by Crippen LogP contribution is -2.28. The van der Waals surface area contributed by atoms with Gasteiger partial charge >= 0.3 is 0 Å². The van der Waals surface area contributed by atoms with Gasteiger partial charge in [0, 0.05) is 19.0 Å². The number of ether oxygens (including phenoxy) is 1. The smallest absolute Gasteiger partial charge is 0.120 e. The molecular weight excluding hydrogens is 370 g/mol. The van der Waals surface area contributed by atoms with E-state index in [0.29, 0.717) is 19.1 Å². The van der Waals surface area contributed by atoms with Crippen LogP contribution in [0.3, 0.4) is 0 Å². The summed E-state index contributed by atoms with van der Waals surface area (Å²) in [6, 6.07) is 17.5. The van der Waals surface area contributed by atoms with Gasteiger partial charge in [-0.05, 0) is 68.0 Å². The number of carbonyl (C=O) groups is 1. The van der Waals surface area contributed by atoms with Crippen LogP contribution >= 0.6 is 0 Å². The Balaban J connectivity index is 1.47. The highest BCUT2D eigenvalue weighted by molar-refractivity contribution is 5.50. The van der Waals surface area contributed by atoms with Crippen molar-refractivity contribution < 1.29 is 9.53 Å². The van der Waals surface area contributed by atoms with Gasteiger partial charge < -0.3 is 9.53 Å². The third kappa shape index (κ3) is 7.00. The van der Waals surface area contributed by atoms with E-state index in [1.165, 1.54) is 30.5 Å². The fraction of sp³-hybridized carbons (Fsp3) is 0.370. The minimum absolute atomic E-state index is 0.566. The van der Waals surface area contributed by atoms with E-state index in [-0.39, 0.29) is 0 Å². The van der Waals surface area contributed by atoms with Gasteiger partial charge in [-0.1, -0.05) is 60.7 Å². The highest BCUT2D eigenvalue weighted by atomic mass is 16.5. The topological polar surface area (TPSA) is 29.5 Å². The SMILES string of the molecule is C/C=C\C=C/CC1CCCN1Cc1ccc(COc2ccc(CCC=O)cc2)cc1. The molecule has 0 spiro atoms. The molecule has 0 bridgehead atoms. The van der Waals surface area contributed by atoms with Crippen LogP contribution in [-0.2, 0) is 24.4 Å². The van der Waals surface area contributed by atoms with Gasteiger partial charge in [-0.15, -0.1) is 0 Å². The molecule has 0 saturated carbocycles. The quantitative estimate of drug-likeness (QED) is 0.346. The summed E-state index contributed by atoms with van der Waals surface area (Å²) in [6.45, 7) is 4.83. The van der Waals surface area contributed by atoms with Crippen molar-refractivity contribution in [1.29, 1.82) is 0 Å². The summed E-state index contributed by atoms with van der Waals surface area (Å²) in [5, 5.41) is 0. The van der Waals surface area contributed by atoms with Gasteiger partial charge in [0.25, 0.3) is 0 Å². The molecule has 0 amide bonds. The van der Waals surface area contributed by atoms with Crippen molar-refractivity contribution in [1.82, 2.24) is 4.90 Å². The first-order chi connectivity index (χ1) is 14.8. The molecule has 0 aromatic heterocycles. The third-order valence-corrected chi connectivity index (χ3v) is 5.64. The number of benzene rings is 2. The van der Waals surface area contributed by atoms with Gasteiger partial charge in [-0.2, -0.15) is 0 Å². The van der Waals surface area contributed by atoms with Gasteiger partial charge in [0.2, 0.25) is 0 Å². The predicted octanol–water partition coefficient (Wildman–Crippen LogP) is 5.88. The summed E-state index contributed by atoms with van der Waals surface area (Å²) in [5.74, 6) is 0.861. The van der Waals surface area contributed by atoms with Crippen LogP contribution in [0.1, 0.15) is 49.3 Å². The van der Waals surface area contributed by atoms with Gasteiger partial charge in [0.15, 0.2) is 0 Å². The lowest BCUT2D eigenvalue weighted by atomic mass is 10.1. The number of aryl methyl sites for hydroxylation is 1. The summed E-state index contributed by atoms with van der Waals surface area (Å²) >= 11 is 0. The first-order valence-corrected chi connectivity index (χ1v) is 11.0. The van der Waals surface area contributed by atoms with Crippen LogP contribution in [-0.4, -0.2) is 23.8 Å². The van der Waals surface area contributed by atoms with Crippen molar-refractivity contribution in [3.63, 3.8) is 0 Å². The van der Waals surface area contributed by atoms with E-state index < -0.39 is 0 Å². The molecule has 0 N–H and O–H groups in total. The van der Waals surface area contributed by atoms with E-state index in [1.54, 1.807) is 0 Å². The van der Waals surface area contributed by atoms with Crippen LogP contribution in [0.4, 0.5) is 0 Å². The Morgan fingerprint density at radius 3 is 2.47 bits per heavy atom. The number of carbonyl (C=O) groups excluding carboxylic acids is 1. The van der Waals surface area contributed by atoms with Crippen molar-refractivity contribution in [2.24, 2.45) is 0 Å². The number of aldehydes is 1. The van der Waals surface area contributed by atoms with Crippen LogP contribution in [0.5, 0.6) is 5.75 Å². The van der Waals surface area contributed by atoms with Gasteiger partial charge in [-0.25, -0.2) is 0 Å². The zero-order valence-corrected chi connectivity index (χ0v) is 18.0. The van der Waals surface area contributed by atoms with Gasteiger partial charge in [-0.3, -0.25) is 4.90 Å². The molecule has 2 aromatic carbocycles. The summed E-state index contributed by atoms with van der Waals surface area (Å²) < 4.78 is 5.91. The predicted molar refractivity (Wildman–Crippen MR) is 124 cm³/mol. The molecule has 1 saturated heterocycles. The van der Waals surface area contributed by atoms with E-state index in [2.05, 4.69) is 60.4 Å². The van der Waals surface area contributed by atoms with E-state index >= 15 is 0 Å². The van der Waals surface area contributed by atoms with Crippen LogP contribution < -0.4 is 4.74 Å².